The minimum absolute atomic E-state index is 0.0385. The highest BCUT2D eigenvalue weighted by Gasteiger charge is 2.21. The van der Waals surface area contributed by atoms with E-state index in [0.29, 0.717) is 28.4 Å². The van der Waals surface area contributed by atoms with Crippen LogP contribution in [0.4, 0.5) is 11.4 Å². The number of ether oxygens (including phenoxy) is 2. The van der Waals surface area contributed by atoms with Crippen molar-refractivity contribution in [3.05, 3.63) is 71.8 Å². The first-order valence-corrected chi connectivity index (χ1v) is 11.4. The van der Waals surface area contributed by atoms with Crippen LogP contribution in [0, 0.1) is 13.8 Å². The molecule has 0 aliphatic carbocycles. The first-order chi connectivity index (χ1) is 15.3. The van der Waals surface area contributed by atoms with Gasteiger partial charge in [0.25, 0.3) is 0 Å². The molecule has 0 fully saturated rings. The minimum Gasteiger partial charge on any atom is -0.493 e. The number of hydrogen-bond donors (Lipinski definition) is 2. The van der Waals surface area contributed by atoms with Crippen LogP contribution >= 0.6 is 0 Å². The van der Waals surface area contributed by atoms with Gasteiger partial charge in [0.1, 0.15) is 0 Å². The summed E-state index contributed by atoms with van der Waals surface area (Å²) in [5, 5.41) is 5.80. The van der Waals surface area contributed by atoms with Gasteiger partial charge >= 0.3 is 0 Å². The molecule has 3 rings (SSSR count). The Bertz CT molecular complexity index is 1220. The molecule has 0 aliphatic rings. The molecule has 0 aromatic heterocycles. The zero-order chi connectivity index (χ0) is 23.3. The van der Waals surface area contributed by atoms with Gasteiger partial charge in [0.15, 0.2) is 11.5 Å². The third-order valence-corrected chi connectivity index (χ3v) is 6.93. The number of hydrogen-bond acceptors (Lipinski definition) is 6. The van der Waals surface area contributed by atoms with E-state index in [-0.39, 0.29) is 22.2 Å². The first kappa shape index (κ1) is 23.1. The van der Waals surface area contributed by atoms with Crippen LogP contribution in [0.25, 0.3) is 0 Å². The van der Waals surface area contributed by atoms with E-state index < -0.39 is 9.84 Å². The van der Waals surface area contributed by atoms with Gasteiger partial charge in [0, 0.05) is 17.4 Å². The maximum absolute atomic E-state index is 13.1. The summed E-state index contributed by atoms with van der Waals surface area (Å²) in [6, 6.07) is 16.8. The molecule has 3 aromatic carbocycles. The van der Waals surface area contributed by atoms with Crippen molar-refractivity contribution in [1.29, 1.82) is 0 Å². The predicted molar refractivity (Wildman–Crippen MR) is 124 cm³/mol. The number of carbonyl (C=O) groups excluding carboxylic acids is 1. The summed E-state index contributed by atoms with van der Waals surface area (Å²) in [5.41, 5.74) is 2.66. The lowest BCUT2D eigenvalue weighted by atomic mass is 10.2. The lowest BCUT2D eigenvalue weighted by molar-refractivity contribution is -0.114. The van der Waals surface area contributed by atoms with Gasteiger partial charge in [-0.2, -0.15) is 0 Å². The van der Waals surface area contributed by atoms with Crippen molar-refractivity contribution in [3.63, 3.8) is 0 Å². The van der Waals surface area contributed by atoms with E-state index in [4.69, 9.17) is 9.47 Å². The van der Waals surface area contributed by atoms with Crippen LogP contribution in [0.5, 0.6) is 11.5 Å². The van der Waals surface area contributed by atoms with E-state index >= 15 is 0 Å². The summed E-state index contributed by atoms with van der Waals surface area (Å²) in [6.07, 6.45) is 0. The number of anilines is 2. The van der Waals surface area contributed by atoms with E-state index in [2.05, 4.69) is 10.6 Å². The van der Waals surface area contributed by atoms with Crippen molar-refractivity contribution < 1.29 is 22.7 Å². The predicted octanol–water partition coefficient (Wildman–Crippen LogP) is 4.20. The highest BCUT2D eigenvalue weighted by atomic mass is 32.2. The number of benzene rings is 3. The summed E-state index contributed by atoms with van der Waals surface area (Å²) in [5.74, 6) is 0.775. The average Bonchev–Trinajstić information content (AvgIpc) is 2.78. The van der Waals surface area contributed by atoms with Crippen molar-refractivity contribution in [1.82, 2.24) is 0 Å². The molecular weight excluding hydrogens is 428 g/mol. The molecule has 7 nitrogen and oxygen atoms in total. The van der Waals surface area contributed by atoms with Crippen LogP contribution in [0.3, 0.4) is 0 Å². The van der Waals surface area contributed by atoms with Crippen LogP contribution in [0.1, 0.15) is 11.1 Å². The van der Waals surface area contributed by atoms with Crippen LogP contribution in [-0.4, -0.2) is 35.1 Å². The number of methoxy groups -OCH3 is 2. The molecule has 0 aliphatic heterocycles. The summed E-state index contributed by atoms with van der Waals surface area (Å²) < 4.78 is 36.6. The zero-order valence-electron chi connectivity index (χ0n) is 18.4. The molecule has 0 atom stereocenters. The molecular formula is C24H26N2O5S. The summed E-state index contributed by atoms with van der Waals surface area (Å²) >= 11 is 0. The molecule has 0 unspecified atom stereocenters. The fraction of sp³-hybridized carbons (Fsp3) is 0.208. The smallest absolute Gasteiger partial charge is 0.243 e. The summed E-state index contributed by atoms with van der Waals surface area (Å²) in [7, 11) is -0.620. The average molecular weight is 455 g/mol. The topological polar surface area (TPSA) is 93.7 Å². The molecule has 1 amide bonds. The van der Waals surface area contributed by atoms with Crippen molar-refractivity contribution >= 4 is 27.1 Å². The van der Waals surface area contributed by atoms with Gasteiger partial charge in [-0.15, -0.1) is 0 Å². The second kappa shape index (κ2) is 9.74. The molecule has 2 N–H and O–H groups in total. The van der Waals surface area contributed by atoms with Gasteiger partial charge in [-0.1, -0.05) is 23.8 Å². The fourth-order valence-corrected chi connectivity index (χ4v) is 4.76. The van der Waals surface area contributed by atoms with E-state index in [9.17, 15) is 13.2 Å². The molecule has 3 aromatic rings. The molecule has 0 bridgehead atoms. The number of carbonyl (C=O) groups is 1. The third-order valence-electron chi connectivity index (χ3n) is 5.01. The van der Waals surface area contributed by atoms with Gasteiger partial charge in [0.2, 0.25) is 15.7 Å². The maximum atomic E-state index is 13.1. The van der Waals surface area contributed by atoms with Crippen molar-refractivity contribution in [3.8, 4) is 11.5 Å². The van der Waals surface area contributed by atoms with Crippen molar-refractivity contribution in [2.45, 2.75) is 23.6 Å². The standard InChI is InChI=1S/C24H26N2O5S/c1-16-8-11-19(12-9-16)32(28,29)23-7-5-6-20(17(23)2)25-15-24(27)26-18-10-13-21(30-3)22(14-18)31-4/h5-14,25H,15H2,1-4H3,(H,26,27). The Morgan fingerprint density at radius 1 is 0.906 bits per heavy atom. The lowest BCUT2D eigenvalue weighted by Gasteiger charge is -2.14. The van der Waals surface area contributed by atoms with E-state index in [1.54, 1.807) is 67.6 Å². The van der Waals surface area contributed by atoms with Crippen LogP contribution in [-0.2, 0) is 14.6 Å². The van der Waals surface area contributed by atoms with Crippen molar-refractivity contribution in [2.75, 3.05) is 31.4 Å². The minimum atomic E-state index is -3.68. The summed E-state index contributed by atoms with van der Waals surface area (Å²) in [4.78, 5) is 12.9. The highest BCUT2D eigenvalue weighted by molar-refractivity contribution is 7.91. The largest absolute Gasteiger partial charge is 0.493 e. The van der Waals surface area contributed by atoms with Crippen LogP contribution in [0.2, 0.25) is 0 Å². The number of aryl methyl sites for hydroxylation is 1. The quantitative estimate of drug-likeness (QED) is 0.530. The Morgan fingerprint density at radius 2 is 1.59 bits per heavy atom. The maximum Gasteiger partial charge on any atom is 0.243 e. The number of nitrogens with one attached hydrogen (secondary N) is 2. The lowest BCUT2D eigenvalue weighted by Crippen LogP contribution is -2.22. The van der Waals surface area contributed by atoms with E-state index in [0.717, 1.165) is 5.56 Å². The second-order valence-electron chi connectivity index (χ2n) is 7.22. The first-order valence-electron chi connectivity index (χ1n) is 9.93. The number of amides is 1. The Balaban J connectivity index is 1.74. The van der Waals surface area contributed by atoms with Crippen LogP contribution < -0.4 is 20.1 Å². The molecule has 168 valence electrons. The van der Waals surface area contributed by atoms with E-state index in [1.807, 2.05) is 6.92 Å². The normalized spacial score (nSPS) is 11.0. The Labute approximate surface area is 188 Å². The molecule has 0 radical (unpaired) electrons. The Kier molecular flexibility index (Phi) is 7.05. The third kappa shape index (κ3) is 5.03. The molecule has 0 spiro atoms. The van der Waals surface area contributed by atoms with E-state index in [1.165, 1.54) is 14.2 Å². The molecule has 0 heterocycles. The van der Waals surface area contributed by atoms with Gasteiger partial charge in [-0.3, -0.25) is 4.79 Å². The molecule has 8 heteroatoms. The molecule has 0 saturated heterocycles. The van der Waals surface area contributed by atoms with Gasteiger partial charge in [0.05, 0.1) is 30.6 Å². The van der Waals surface area contributed by atoms with Gasteiger partial charge < -0.3 is 20.1 Å². The Hall–Kier alpha value is -3.52. The fourth-order valence-electron chi connectivity index (χ4n) is 3.24. The van der Waals surface area contributed by atoms with Gasteiger partial charge in [-0.25, -0.2) is 8.42 Å². The number of rotatable bonds is 8. The van der Waals surface area contributed by atoms with Crippen molar-refractivity contribution in [2.24, 2.45) is 0 Å². The second-order valence-corrected chi connectivity index (χ2v) is 9.13. The van der Waals surface area contributed by atoms with Crippen LogP contribution in [0.15, 0.2) is 70.5 Å². The Morgan fingerprint density at radius 3 is 2.25 bits per heavy atom. The SMILES string of the molecule is COc1ccc(NC(=O)CNc2cccc(S(=O)(=O)c3ccc(C)cc3)c2C)cc1OC. The highest BCUT2D eigenvalue weighted by Crippen LogP contribution is 2.30. The number of sulfone groups is 1. The zero-order valence-corrected chi connectivity index (χ0v) is 19.2. The van der Waals surface area contributed by atoms with Gasteiger partial charge in [-0.05, 0) is 55.8 Å². The molecule has 0 saturated carbocycles. The summed E-state index contributed by atoms with van der Waals surface area (Å²) in [6.45, 7) is 3.58. The molecule has 32 heavy (non-hydrogen) atoms. The monoisotopic (exact) mass is 454 g/mol.